The van der Waals surface area contributed by atoms with Crippen LogP contribution in [-0.2, 0) is 4.79 Å². The molecule has 2 N–H and O–H groups in total. The molecule has 10 heteroatoms. The normalized spacial score (nSPS) is 21.6. The highest BCUT2D eigenvalue weighted by molar-refractivity contribution is 8.01. The Labute approximate surface area is 216 Å². The molecule has 0 saturated heterocycles. The minimum absolute atomic E-state index is 0.0175. The first-order chi connectivity index (χ1) is 16.5. The molecule has 1 aromatic carbocycles. The lowest BCUT2D eigenvalue weighted by Gasteiger charge is -2.38. The first-order valence-corrected chi connectivity index (χ1v) is 13.8. The zero-order valence-electron chi connectivity index (χ0n) is 18.4. The van der Waals surface area contributed by atoms with Gasteiger partial charge >= 0.3 is 0 Å². The van der Waals surface area contributed by atoms with E-state index < -0.39 is 5.92 Å². The molecule has 0 spiro atoms. The van der Waals surface area contributed by atoms with E-state index in [9.17, 15) is 10.1 Å². The summed E-state index contributed by atoms with van der Waals surface area (Å²) in [5.41, 5.74) is 9.04. The van der Waals surface area contributed by atoms with Gasteiger partial charge in [0.15, 0.2) is 10.1 Å². The molecule has 6 nitrogen and oxygen atoms in total. The highest BCUT2D eigenvalue weighted by Crippen LogP contribution is 2.48. The lowest BCUT2D eigenvalue weighted by atomic mass is 9.76. The number of halogens is 2. The van der Waals surface area contributed by atoms with Gasteiger partial charge in [-0.1, -0.05) is 71.6 Å². The number of nitrogens with two attached hydrogens (primary N) is 1. The van der Waals surface area contributed by atoms with Gasteiger partial charge in [0.05, 0.1) is 27.6 Å². The first-order valence-electron chi connectivity index (χ1n) is 11.4. The Balaban J connectivity index is 1.57. The van der Waals surface area contributed by atoms with Gasteiger partial charge in [0.1, 0.15) is 5.82 Å². The summed E-state index contributed by atoms with van der Waals surface area (Å²) >= 11 is 15.7. The highest BCUT2D eigenvalue weighted by Gasteiger charge is 2.41. The number of benzene rings is 1. The van der Waals surface area contributed by atoms with E-state index in [4.69, 9.17) is 28.9 Å². The quantitative estimate of drug-likeness (QED) is 0.476. The van der Waals surface area contributed by atoms with E-state index in [0.717, 1.165) is 22.0 Å². The van der Waals surface area contributed by atoms with Crippen molar-refractivity contribution in [3.8, 4) is 6.07 Å². The fourth-order valence-electron chi connectivity index (χ4n) is 5.00. The van der Waals surface area contributed by atoms with Gasteiger partial charge in [0.2, 0.25) is 5.13 Å². The summed E-state index contributed by atoms with van der Waals surface area (Å²) in [6, 6.07) is 7.46. The topological polar surface area (TPSA) is 95.9 Å². The lowest BCUT2D eigenvalue weighted by Crippen LogP contribution is -2.38. The van der Waals surface area contributed by atoms with Crippen molar-refractivity contribution in [2.24, 2.45) is 5.73 Å². The number of thioether (sulfide) groups is 1. The molecule has 5 rings (SSSR count). The SMILES string of the molecule is N#CC1=C(N)N(c2nnc(SC3CCCCC3)s2)C2=C(C(=O)CCC2)C1c1ccc(Cl)c(Cl)c1. The minimum atomic E-state index is -0.581. The number of anilines is 1. The summed E-state index contributed by atoms with van der Waals surface area (Å²) in [7, 11) is 0. The summed E-state index contributed by atoms with van der Waals surface area (Å²) in [5, 5.41) is 20.9. The van der Waals surface area contributed by atoms with Crippen molar-refractivity contribution in [2.75, 3.05) is 4.90 Å². The van der Waals surface area contributed by atoms with Gasteiger partial charge in [-0.05, 0) is 43.4 Å². The van der Waals surface area contributed by atoms with E-state index in [1.807, 2.05) is 0 Å². The maximum absolute atomic E-state index is 13.2. The van der Waals surface area contributed by atoms with Gasteiger partial charge in [0.25, 0.3) is 0 Å². The van der Waals surface area contributed by atoms with Crippen LogP contribution in [0.1, 0.15) is 62.8 Å². The summed E-state index contributed by atoms with van der Waals surface area (Å²) in [5.74, 6) is -0.274. The molecular weight excluding hydrogens is 509 g/mol. The van der Waals surface area contributed by atoms with Crippen LogP contribution in [0.15, 0.2) is 45.2 Å². The molecule has 1 atom stereocenters. The van der Waals surface area contributed by atoms with Gasteiger partial charge in [0, 0.05) is 22.9 Å². The second-order valence-corrected chi connectivity index (χ2v) is 12.0. The summed E-state index contributed by atoms with van der Waals surface area (Å²) < 4.78 is 0.893. The second kappa shape index (κ2) is 9.90. The van der Waals surface area contributed by atoms with Crippen LogP contribution in [0.4, 0.5) is 5.13 Å². The number of hydrogen-bond acceptors (Lipinski definition) is 8. The number of nitriles is 1. The van der Waals surface area contributed by atoms with Gasteiger partial charge in [-0.2, -0.15) is 5.26 Å². The van der Waals surface area contributed by atoms with Gasteiger partial charge in [-0.15, -0.1) is 10.2 Å². The summed E-state index contributed by atoms with van der Waals surface area (Å²) in [6.45, 7) is 0. The van der Waals surface area contributed by atoms with E-state index in [1.54, 1.807) is 34.9 Å². The molecule has 3 aliphatic rings. The lowest BCUT2D eigenvalue weighted by molar-refractivity contribution is -0.116. The van der Waals surface area contributed by atoms with Gasteiger partial charge in [-0.25, -0.2) is 0 Å². The Morgan fingerprint density at radius 3 is 2.65 bits per heavy atom. The predicted molar refractivity (Wildman–Crippen MR) is 137 cm³/mol. The number of allylic oxidation sites excluding steroid dienone is 3. The Bertz CT molecular complexity index is 1240. The smallest absolute Gasteiger partial charge is 0.219 e. The third-order valence-electron chi connectivity index (χ3n) is 6.60. The molecule has 0 radical (unpaired) electrons. The highest BCUT2D eigenvalue weighted by atomic mass is 35.5. The van der Waals surface area contributed by atoms with Crippen LogP contribution in [0.25, 0.3) is 0 Å². The fourth-order valence-corrected chi connectivity index (χ4v) is 7.69. The molecule has 0 bridgehead atoms. The molecule has 1 aromatic heterocycles. The molecule has 1 fully saturated rings. The van der Waals surface area contributed by atoms with Crippen LogP contribution >= 0.6 is 46.3 Å². The van der Waals surface area contributed by atoms with Crippen LogP contribution in [0.5, 0.6) is 0 Å². The zero-order chi connectivity index (χ0) is 23.8. The van der Waals surface area contributed by atoms with Crippen LogP contribution in [0.2, 0.25) is 10.0 Å². The van der Waals surface area contributed by atoms with Crippen LogP contribution in [0.3, 0.4) is 0 Å². The number of Topliss-reactive ketones (excluding diaryl/α,β-unsaturated/α-hetero) is 1. The Morgan fingerprint density at radius 1 is 1.12 bits per heavy atom. The molecule has 1 unspecified atom stereocenters. The van der Waals surface area contributed by atoms with Crippen molar-refractivity contribution in [2.45, 2.75) is 66.9 Å². The second-order valence-electron chi connectivity index (χ2n) is 8.72. The maximum atomic E-state index is 13.2. The van der Waals surface area contributed by atoms with Crippen molar-refractivity contribution in [3.63, 3.8) is 0 Å². The molecule has 2 aromatic rings. The predicted octanol–water partition coefficient (Wildman–Crippen LogP) is 6.57. The molecule has 34 heavy (non-hydrogen) atoms. The first kappa shape index (κ1) is 23.7. The number of ketones is 1. The monoisotopic (exact) mass is 531 g/mol. The van der Waals surface area contributed by atoms with Crippen molar-refractivity contribution < 1.29 is 4.79 Å². The number of nitrogens with zero attached hydrogens (tertiary/aromatic N) is 4. The number of carbonyl (C=O) groups is 1. The largest absolute Gasteiger partial charge is 0.384 e. The van der Waals surface area contributed by atoms with Crippen molar-refractivity contribution in [1.29, 1.82) is 5.26 Å². The molecule has 2 aliphatic carbocycles. The zero-order valence-corrected chi connectivity index (χ0v) is 21.5. The van der Waals surface area contributed by atoms with E-state index in [2.05, 4.69) is 16.3 Å². The van der Waals surface area contributed by atoms with Crippen LogP contribution in [0, 0.1) is 11.3 Å². The Hall–Kier alpha value is -2.05. The van der Waals surface area contributed by atoms with E-state index in [1.165, 1.54) is 43.4 Å². The summed E-state index contributed by atoms with van der Waals surface area (Å²) in [4.78, 5) is 15.0. The van der Waals surface area contributed by atoms with E-state index >= 15 is 0 Å². The third kappa shape index (κ3) is 4.35. The fraction of sp³-hybridized carbons (Fsp3) is 0.417. The van der Waals surface area contributed by atoms with Gasteiger partial charge < -0.3 is 5.73 Å². The van der Waals surface area contributed by atoms with Crippen molar-refractivity contribution in [1.82, 2.24) is 10.2 Å². The molecular formula is C24H23Cl2N5OS2. The van der Waals surface area contributed by atoms with E-state index in [-0.39, 0.29) is 11.6 Å². The van der Waals surface area contributed by atoms with E-state index in [0.29, 0.717) is 44.4 Å². The molecule has 1 aliphatic heterocycles. The third-order valence-corrected chi connectivity index (χ3v) is 9.67. The maximum Gasteiger partial charge on any atom is 0.219 e. The molecule has 2 heterocycles. The minimum Gasteiger partial charge on any atom is -0.384 e. The van der Waals surface area contributed by atoms with Crippen LogP contribution in [-0.4, -0.2) is 21.2 Å². The number of rotatable bonds is 4. The average molecular weight is 533 g/mol. The van der Waals surface area contributed by atoms with Crippen LogP contribution < -0.4 is 10.6 Å². The number of hydrogen-bond donors (Lipinski definition) is 1. The van der Waals surface area contributed by atoms with Crippen molar-refractivity contribution in [3.05, 3.63) is 56.5 Å². The summed E-state index contributed by atoms with van der Waals surface area (Å²) in [6.07, 6.45) is 8.02. The standard InChI is InChI=1S/C24H23Cl2N5OS2/c25-16-10-9-13(11-17(16)26)20-15(12-27)22(28)31(18-7-4-8-19(32)21(18)20)23-29-30-24(34-23)33-14-5-2-1-3-6-14/h9-11,14,20H,1-8,28H2. The molecule has 176 valence electrons. The Morgan fingerprint density at radius 2 is 1.91 bits per heavy atom. The molecule has 1 saturated carbocycles. The Kier molecular flexibility index (Phi) is 6.90. The van der Waals surface area contributed by atoms with Crippen molar-refractivity contribution >= 4 is 57.2 Å². The number of carbonyl (C=O) groups excluding carboxylic acids is 1. The number of aromatic nitrogens is 2. The molecule has 0 amide bonds. The average Bonchev–Trinajstić information content (AvgIpc) is 3.28. The van der Waals surface area contributed by atoms with Gasteiger partial charge in [-0.3, -0.25) is 9.69 Å².